The zero-order chi connectivity index (χ0) is 14.7. The van der Waals surface area contributed by atoms with E-state index in [1.54, 1.807) is 0 Å². The number of ether oxygens (including phenoxy) is 1. The number of hydrogen-bond acceptors (Lipinski definition) is 4. The third-order valence-corrected chi connectivity index (χ3v) is 6.02. The van der Waals surface area contributed by atoms with Crippen molar-refractivity contribution >= 4 is 0 Å². The number of nitrogens with zero attached hydrogens (tertiary/aromatic N) is 2. The SMILES string of the molecule is CC1CC(CN)(N2CCC(CN3CCCC3)CC2)CCO1. The number of piperidine rings is 1. The van der Waals surface area contributed by atoms with Crippen LogP contribution < -0.4 is 5.73 Å². The van der Waals surface area contributed by atoms with Gasteiger partial charge in [0.1, 0.15) is 0 Å². The van der Waals surface area contributed by atoms with Crippen LogP contribution in [0.25, 0.3) is 0 Å². The molecule has 0 amide bonds. The maximum Gasteiger partial charge on any atom is 0.0565 e. The molecule has 4 nitrogen and oxygen atoms in total. The van der Waals surface area contributed by atoms with Crippen LogP contribution >= 0.6 is 0 Å². The summed E-state index contributed by atoms with van der Waals surface area (Å²) in [6.45, 7) is 10.4. The molecule has 3 heterocycles. The Labute approximate surface area is 130 Å². The van der Waals surface area contributed by atoms with Gasteiger partial charge < -0.3 is 15.4 Å². The Bertz CT molecular complexity index is 324. The molecule has 3 aliphatic heterocycles. The first-order chi connectivity index (χ1) is 10.2. The topological polar surface area (TPSA) is 41.7 Å². The van der Waals surface area contributed by atoms with Gasteiger partial charge in [-0.2, -0.15) is 0 Å². The van der Waals surface area contributed by atoms with Crippen LogP contribution in [0.3, 0.4) is 0 Å². The molecule has 0 aliphatic carbocycles. The minimum absolute atomic E-state index is 0.219. The van der Waals surface area contributed by atoms with Gasteiger partial charge in [-0.15, -0.1) is 0 Å². The fourth-order valence-electron chi connectivity index (χ4n) is 4.67. The maximum absolute atomic E-state index is 6.19. The van der Waals surface area contributed by atoms with Crippen molar-refractivity contribution in [2.24, 2.45) is 11.7 Å². The Kier molecular flexibility index (Phi) is 5.20. The lowest BCUT2D eigenvalue weighted by Crippen LogP contribution is -2.60. The van der Waals surface area contributed by atoms with Gasteiger partial charge in [-0.3, -0.25) is 4.90 Å². The van der Waals surface area contributed by atoms with Crippen molar-refractivity contribution in [3.8, 4) is 0 Å². The van der Waals surface area contributed by atoms with Crippen LogP contribution in [0.2, 0.25) is 0 Å². The molecule has 0 radical (unpaired) electrons. The number of rotatable bonds is 4. The average Bonchev–Trinajstić information content (AvgIpc) is 3.01. The monoisotopic (exact) mass is 295 g/mol. The lowest BCUT2D eigenvalue weighted by molar-refractivity contribution is -0.0730. The quantitative estimate of drug-likeness (QED) is 0.857. The van der Waals surface area contributed by atoms with Crippen LogP contribution in [-0.2, 0) is 4.74 Å². The lowest BCUT2D eigenvalue weighted by atomic mass is 9.82. The smallest absolute Gasteiger partial charge is 0.0565 e. The summed E-state index contributed by atoms with van der Waals surface area (Å²) in [6, 6.07) is 0. The van der Waals surface area contributed by atoms with E-state index in [4.69, 9.17) is 10.5 Å². The van der Waals surface area contributed by atoms with Crippen molar-refractivity contribution < 1.29 is 4.74 Å². The molecule has 0 aromatic heterocycles. The molecule has 3 saturated heterocycles. The van der Waals surface area contributed by atoms with Crippen molar-refractivity contribution in [2.45, 2.75) is 57.1 Å². The maximum atomic E-state index is 6.19. The highest BCUT2D eigenvalue weighted by Crippen LogP contribution is 2.34. The number of hydrogen-bond donors (Lipinski definition) is 1. The van der Waals surface area contributed by atoms with Gasteiger partial charge in [0.25, 0.3) is 0 Å². The molecule has 0 aromatic rings. The van der Waals surface area contributed by atoms with Crippen molar-refractivity contribution in [3.05, 3.63) is 0 Å². The summed E-state index contributed by atoms with van der Waals surface area (Å²) >= 11 is 0. The molecule has 21 heavy (non-hydrogen) atoms. The predicted molar refractivity (Wildman–Crippen MR) is 86.4 cm³/mol. The van der Waals surface area contributed by atoms with Gasteiger partial charge in [0.2, 0.25) is 0 Å². The number of likely N-dealkylation sites (tertiary alicyclic amines) is 2. The van der Waals surface area contributed by atoms with Crippen molar-refractivity contribution in [1.82, 2.24) is 9.80 Å². The second-order valence-corrected chi connectivity index (χ2v) is 7.50. The Morgan fingerprint density at radius 1 is 1.14 bits per heavy atom. The molecule has 0 aromatic carbocycles. The van der Waals surface area contributed by atoms with E-state index < -0.39 is 0 Å². The summed E-state index contributed by atoms with van der Waals surface area (Å²) < 4.78 is 5.75. The molecule has 2 N–H and O–H groups in total. The van der Waals surface area contributed by atoms with Gasteiger partial charge in [-0.25, -0.2) is 0 Å². The molecule has 2 unspecified atom stereocenters. The molecule has 122 valence electrons. The average molecular weight is 295 g/mol. The van der Waals surface area contributed by atoms with E-state index in [1.807, 2.05) is 0 Å². The first kappa shape index (κ1) is 15.7. The Morgan fingerprint density at radius 3 is 2.48 bits per heavy atom. The van der Waals surface area contributed by atoms with Crippen molar-refractivity contribution in [3.63, 3.8) is 0 Å². The van der Waals surface area contributed by atoms with E-state index in [-0.39, 0.29) is 5.54 Å². The Morgan fingerprint density at radius 2 is 1.86 bits per heavy atom. The van der Waals surface area contributed by atoms with Crippen LogP contribution in [0.4, 0.5) is 0 Å². The van der Waals surface area contributed by atoms with E-state index in [2.05, 4.69) is 16.7 Å². The normalized spacial score (nSPS) is 37.1. The van der Waals surface area contributed by atoms with E-state index in [0.29, 0.717) is 6.10 Å². The first-order valence-electron chi connectivity index (χ1n) is 9.01. The minimum Gasteiger partial charge on any atom is -0.378 e. The minimum atomic E-state index is 0.219. The van der Waals surface area contributed by atoms with E-state index in [9.17, 15) is 0 Å². The number of nitrogens with two attached hydrogens (primary N) is 1. The van der Waals surface area contributed by atoms with Crippen LogP contribution in [0.1, 0.15) is 45.4 Å². The molecule has 0 spiro atoms. The van der Waals surface area contributed by atoms with Crippen molar-refractivity contribution in [1.29, 1.82) is 0 Å². The fraction of sp³-hybridized carbons (Fsp3) is 1.00. The van der Waals surface area contributed by atoms with Crippen molar-refractivity contribution in [2.75, 3.05) is 45.9 Å². The molecule has 3 fully saturated rings. The molecule has 0 bridgehead atoms. The molecule has 3 rings (SSSR count). The summed E-state index contributed by atoms with van der Waals surface area (Å²) in [5.74, 6) is 0.909. The van der Waals surface area contributed by atoms with Gasteiger partial charge in [-0.1, -0.05) is 0 Å². The van der Waals surface area contributed by atoms with Gasteiger partial charge >= 0.3 is 0 Å². The zero-order valence-corrected chi connectivity index (χ0v) is 13.7. The van der Waals surface area contributed by atoms with Crippen LogP contribution in [0, 0.1) is 5.92 Å². The predicted octanol–water partition coefficient (Wildman–Crippen LogP) is 1.69. The fourth-order valence-corrected chi connectivity index (χ4v) is 4.67. The highest BCUT2D eigenvalue weighted by Gasteiger charge is 2.41. The van der Waals surface area contributed by atoms with Gasteiger partial charge in [0, 0.05) is 25.2 Å². The second kappa shape index (κ2) is 6.95. The van der Waals surface area contributed by atoms with Gasteiger partial charge in [0.15, 0.2) is 0 Å². The van der Waals surface area contributed by atoms with E-state index >= 15 is 0 Å². The Balaban J connectivity index is 1.51. The zero-order valence-electron chi connectivity index (χ0n) is 13.7. The van der Waals surface area contributed by atoms with Gasteiger partial charge in [-0.05, 0) is 77.5 Å². The molecule has 0 saturated carbocycles. The summed E-state index contributed by atoms with van der Waals surface area (Å²) in [6.07, 6.45) is 8.12. The molecule has 4 heteroatoms. The largest absolute Gasteiger partial charge is 0.378 e. The summed E-state index contributed by atoms with van der Waals surface area (Å²) in [5.41, 5.74) is 6.41. The van der Waals surface area contributed by atoms with Crippen LogP contribution in [0.5, 0.6) is 0 Å². The standard InChI is InChI=1S/C17H33N3O/c1-15-12-17(14-18,6-11-21-15)20-9-4-16(5-10-20)13-19-7-2-3-8-19/h15-16H,2-14,18H2,1H3. The summed E-state index contributed by atoms with van der Waals surface area (Å²) in [4.78, 5) is 5.38. The lowest BCUT2D eigenvalue weighted by Gasteiger charge is -2.50. The third kappa shape index (κ3) is 3.61. The molecular weight excluding hydrogens is 262 g/mol. The first-order valence-corrected chi connectivity index (χ1v) is 9.01. The molecular formula is C17H33N3O. The second-order valence-electron chi connectivity index (χ2n) is 7.50. The summed E-state index contributed by atoms with van der Waals surface area (Å²) in [7, 11) is 0. The highest BCUT2D eigenvalue weighted by atomic mass is 16.5. The van der Waals surface area contributed by atoms with Crippen LogP contribution in [-0.4, -0.2) is 67.3 Å². The van der Waals surface area contributed by atoms with Gasteiger partial charge in [0.05, 0.1) is 6.10 Å². The van der Waals surface area contributed by atoms with E-state index in [1.165, 1.54) is 58.4 Å². The molecule has 2 atom stereocenters. The molecule has 3 aliphatic rings. The third-order valence-electron chi connectivity index (χ3n) is 6.02. The summed E-state index contributed by atoms with van der Waals surface area (Å²) in [5, 5.41) is 0. The Hall–Kier alpha value is -0.160. The van der Waals surface area contributed by atoms with E-state index in [0.717, 1.165) is 31.9 Å². The van der Waals surface area contributed by atoms with Crippen LogP contribution in [0.15, 0.2) is 0 Å². The highest BCUT2D eigenvalue weighted by molar-refractivity contribution is 4.97.